The number of rotatable bonds is 3. The molecule has 0 aromatic rings. The number of aliphatic hydroxyl groups excluding tert-OH is 1. The van der Waals surface area contributed by atoms with Crippen LogP contribution in [-0.2, 0) is 9.53 Å². The Kier molecular flexibility index (Phi) is 3.50. The molecule has 0 aromatic heterocycles. The van der Waals surface area contributed by atoms with Gasteiger partial charge in [0.2, 0.25) is 0 Å². The molecule has 2 unspecified atom stereocenters. The predicted molar refractivity (Wildman–Crippen MR) is 52.9 cm³/mol. The van der Waals surface area contributed by atoms with E-state index in [1.54, 1.807) is 11.9 Å². The van der Waals surface area contributed by atoms with Crippen LogP contribution in [0.2, 0.25) is 0 Å². The lowest BCUT2D eigenvalue weighted by atomic mass is 10.0. The minimum absolute atomic E-state index is 0.0156. The zero-order valence-corrected chi connectivity index (χ0v) is 9.12. The molecule has 1 fully saturated rings. The van der Waals surface area contributed by atoms with Crippen LogP contribution >= 0.6 is 0 Å². The second kappa shape index (κ2) is 4.28. The molecular weight excluding hydrogens is 182 g/mol. The van der Waals surface area contributed by atoms with Crippen molar-refractivity contribution in [2.45, 2.75) is 38.3 Å². The van der Waals surface area contributed by atoms with Gasteiger partial charge in [0, 0.05) is 13.7 Å². The van der Waals surface area contributed by atoms with Gasteiger partial charge in [0.15, 0.2) is 0 Å². The van der Waals surface area contributed by atoms with Gasteiger partial charge in [-0.25, -0.2) is 0 Å². The lowest BCUT2D eigenvalue weighted by Crippen LogP contribution is -2.49. The Bertz CT molecular complexity index is 211. The molecule has 0 bridgehead atoms. The Labute approximate surface area is 84.8 Å². The summed E-state index contributed by atoms with van der Waals surface area (Å²) in [5, 5.41) is 8.95. The molecule has 1 N–H and O–H groups in total. The molecule has 2 atom stereocenters. The number of carbonyl (C=O) groups excluding carboxylic acids is 1. The lowest BCUT2D eigenvalue weighted by Gasteiger charge is -2.31. The van der Waals surface area contributed by atoms with Gasteiger partial charge < -0.3 is 14.7 Å². The van der Waals surface area contributed by atoms with Gasteiger partial charge in [-0.1, -0.05) is 0 Å². The summed E-state index contributed by atoms with van der Waals surface area (Å²) in [6.45, 7) is 4.28. The summed E-state index contributed by atoms with van der Waals surface area (Å²) in [6, 6.07) is -0.150. The van der Waals surface area contributed by atoms with E-state index in [-0.39, 0.29) is 18.6 Å². The number of hydrogen-bond donors (Lipinski definition) is 1. The van der Waals surface area contributed by atoms with E-state index < -0.39 is 5.60 Å². The molecule has 4 heteroatoms. The molecule has 0 aromatic carbocycles. The smallest absolute Gasteiger partial charge is 0.254 e. The van der Waals surface area contributed by atoms with Gasteiger partial charge in [0.1, 0.15) is 5.60 Å². The van der Waals surface area contributed by atoms with Gasteiger partial charge in [0.05, 0.1) is 12.6 Å². The van der Waals surface area contributed by atoms with E-state index in [0.29, 0.717) is 6.61 Å². The summed E-state index contributed by atoms with van der Waals surface area (Å²) in [5.41, 5.74) is -0.668. The van der Waals surface area contributed by atoms with Crippen molar-refractivity contribution in [1.29, 1.82) is 0 Å². The standard InChI is InChI=1S/C10H19NO3/c1-8(7-12)11(3)9(13)10(2)5-4-6-14-10/h8,12H,4-7H2,1-3H3. The van der Waals surface area contributed by atoms with Crippen molar-refractivity contribution >= 4 is 5.91 Å². The van der Waals surface area contributed by atoms with Crippen molar-refractivity contribution in [3.05, 3.63) is 0 Å². The minimum Gasteiger partial charge on any atom is -0.394 e. The molecule has 82 valence electrons. The van der Waals surface area contributed by atoms with E-state index >= 15 is 0 Å². The monoisotopic (exact) mass is 201 g/mol. The number of hydrogen-bond acceptors (Lipinski definition) is 3. The molecule has 0 spiro atoms. The highest BCUT2D eigenvalue weighted by Gasteiger charge is 2.40. The normalized spacial score (nSPS) is 28.9. The molecule has 1 saturated heterocycles. The molecule has 0 radical (unpaired) electrons. The maximum absolute atomic E-state index is 12.0. The molecule has 1 heterocycles. The third-order valence-corrected chi connectivity index (χ3v) is 2.92. The van der Waals surface area contributed by atoms with Gasteiger partial charge in [-0.05, 0) is 26.7 Å². The van der Waals surface area contributed by atoms with Crippen LogP contribution in [0.3, 0.4) is 0 Å². The Morgan fingerprint density at radius 3 is 2.79 bits per heavy atom. The number of ether oxygens (including phenoxy) is 1. The average molecular weight is 201 g/mol. The fourth-order valence-electron chi connectivity index (χ4n) is 1.64. The van der Waals surface area contributed by atoms with E-state index in [1.165, 1.54) is 0 Å². The summed E-state index contributed by atoms with van der Waals surface area (Å²) >= 11 is 0. The van der Waals surface area contributed by atoms with Gasteiger partial charge in [-0.15, -0.1) is 0 Å². The number of nitrogens with zero attached hydrogens (tertiary/aromatic N) is 1. The third kappa shape index (κ3) is 2.07. The third-order valence-electron chi connectivity index (χ3n) is 2.92. The second-order valence-electron chi connectivity index (χ2n) is 4.13. The summed E-state index contributed by atoms with van der Waals surface area (Å²) < 4.78 is 5.45. The largest absolute Gasteiger partial charge is 0.394 e. The Balaban J connectivity index is 2.63. The first-order valence-electron chi connectivity index (χ1n) is 5.03. The molecule has 0 aliphatic carbocycles. The first kappa shape index (κ1) is 11.5. The number of amides is 1. The van der Waals surface area contributed by atoms with Crippen LogP contribution in [0.15, 0.2) is 0 Å². The Morgan fingerprint density at radius 2 is 2.36 bits per heavy atom. The SMILES string of the molecule is CC(CO)N(C)C(=O)C1(C)CCCO1. The van der Waals surface area contributed by atoms with Crippen molar-refractivity contribution in [2.75, 3.05) is 20.3 Å². The molecular formula is C10H19NO3. The fraction of sp³-hybridized carbons (Fsp3) is 0.900. The van der Waals surface area contributed by atoms with Crippen molar-refractivity contribution in [1.82, 2.24) is 4.90 Å². The summed E-state index contributed by atoms with van der Waals surface area (Å²) in [6.07, 6.45) is 1.71. The maximum Gasteiger partial charge on any atom is 0.254 e. The quantitative estimate of drug-likeness (QED) is 0.719. The van der Waals surface area contributed by atoms with Crippen LogP contribution in [0, 0.1) is 0 Å². The highest BCUT2D eigenvalue weighted by molar-refractivity contribution is 5.85. The number of aliphatic hydroxyl groups is 1. The molecule has 4 nitrogen and oxygen atoms in total. The zero-order valence-electron chi connectivity index (χ0n) is 9.12. The minimum atomic E-state index is -0.668. The molecule has 1 amide bonds. The molecule has 1 aliphatic heterocycles. The lowest BCUT2D eigenvalue weighted by molar-refractivity contribution is -0.152. The van der Waals surface area contributed by atoms with Gasteiger partial charge >= 0.3 is 0 Å². The van der Waals surface area contributed by atoms with E-state index in [2.05, 4.69) is 0 Å². The van der Waals surface area contributed by atoms with Crippen molar-refractivity contribution < 1.29 is 14.6 Å². The fourth-order valence-corrected chi connectivity index (χ4v) is 1.64. The number of carbonyl (C=O) groups is 1. The highest BCUT2D eigenvalue weighted by Crippen LogP contribution is 2.27. The predicted octanol–water partition coefficient (Wildman–Crippen LogP) is 0.395. The van der Waals surface area contributed by atoms with Crippen LogP contribution in [0.5, 0.6) is 0 Å². The van der Waals surface area contributed by atoms with Crippen molar-refractivity contribution in [3.63, 3.8) is 0 Å². The van der Waals surface area contributed by atoms with Gasteiger partial charge in [-0.3, -0.25) is 4.79 Å². The molecule has 1 rings (SSSR count). The summed E-state index contributed by atoms with van der Waals surface area (Å²) in [4.78, 5) is 13.5. The van der Waals surface area contributed by atoms with E-state index in [1.807, 2.05) is 13.8 Å². The Morgan fingerprint density at radius 1 is 1.71 bits per heavy atom. The average Bonchev–Trinajstić information content (AvgIpc) is 2.63. The van der Waals surface area contributed by atoms with Crippen LogP contribution in [0.4, 0.5) is 0 Å². The summed E-state index contributed by atoms with van der Waals surface area (Å²) in [7, 11) is 1.70. The second-order valence-corrected chi connectivity index (χ2v) is 4.13. The molecule has 0 saturated carbocycles. The Hall–Kier alpha value is -0.610. The first-order valence-corrected chi connectivity index (χ1v) is 5.03. The van der Waals surface area contributed by atoms with Crippen LogP contribution < -0.4 is 0 Å². The van der Waals surface area contributed by atoms with Gasteiger partial charge in [-0.2, -0.15) is 0 Å². The summed E-state index contributed by atoms with van der Waals surface area (Å²) in [5.74, 6) is -0.0310. The highest BCUT2D eigenvalue weighted by atomic mass is 16.5. The van der Waals surface area contributed by atoms with E-state index in [9.17, 15) is 4.79 Å². The van der Waals surface area contributed by atoms with Crippen LogP contribution in [-0.4, -0.2) is 47.8 Å². The molecule has 1 aliphatic rings. The first-order chi connectivity index (χ1) is 6.51. The van der Waals surface area contributed by atoms with Gasteiger partial charge in [0.25, 0.3) is 5.91 Å². The zero-order chi connectivity index (χ0) is 10.8. The van der Waals surface area contributed by atoms with Crippen LogP contribution in [0.25, 0.3) is 0 Å². The van der Waals surface area contributed by atoms with E-state index in [4.69, 9.17) is 9.84 Å². The number of likely N-dealkylation sites (N-methyl/N-ethyl adjacent to an activating group) is 1. The molecule has 14 heavy (non-hydrogen) atoms. The van der Waals surface area contributed by atoms with Crippen molar-refractivity contribution in [3.8, 4) is 0 Å². The van der Waals surface area contributed by atoms with E-state index in [0.717, 1.165) is 12.8 Å². The topological polar surface area (TPSA) is 49.8 Å². The van der Waals surface area contributed by atoms with Crippen LogP contribution in [0.1, 0.15) is 26.7 Å². The van der Waals surface area contributed by atoms with Crippen molar-refractivity contribution in [2.24, 2.45) is 0 Å². The maximum atomic E-state index is 12.0.